The van der Waals surface area contributed by atoms with E-state index in [2.05, 4.69) is 0 Å². The van der Waals surface area contributed by atoms with Gasteiger partial charge in [0.2, 0.25) is 0 Å². The summed E-state index contributed by atoms with van der Waals surface area (Å²) in [7, 11) is -5.64. The van der Waals surface area contributed by atoms with Crippen LogP contribution in [0.15, 0.2) is 30.3 Å². The Labute approximate surface area is 156 Å². The van der Waals surface area contributed by atoms with Gasteiger partial charge in [0.15, 0.2) is 0 Å². The number of ether oxygens (including phenoxy) is 1. The first kappa shape index (κ1) is 19.7. The number of aliphatic hydroxyl groups excluding tert-OH is 1. The normalized spacial score (nSPS) is 16.9. The fourth-order valence-electron chi connectivity index (χ4n) is 2.76. The summed E-state index contributed by atoms with van der Waals surface area (Å²) < 4.78 is 80.9. The van der Waals surface area contributed by atoms with Gasteiger partial charge in [0.25, 0.3) is 0 Å². The van der Waals surface area contributed by atoms with E-state index in [4.69, 9.17) is 16.3 Å². The van der Waals surface area contributed by atoms with Crippen molar-refractivity contribution < 1.29 is 35.8 Å². The van der Waals surface area contributed by atoms with E-state index < -0.39 is 27.5 Å². The Kier molecular flexibility index (Phi) is 5.00. The second kappa shape index (κ2) is 6.84. The van der Waals surface area contributed by atoms with E-state index in [9.17, 15) is 31.1 Å². The fraction of sp³-hybridized carbons (Fsp3) is 0.250. The van der Waals surface area contributed by atoms with E-state index in [-0.39, 0.29) is 40.6 Å². The molecule has 27 heavy (non-hydrogen) atoms. The van der Waals surface area contributed by atoms with Gasteiger partial charge in [-0.2, -0.15) is 21.6 Å². The summed E-state index contributed by atoms with van der Waals surface area (Å²) in [5.74, 6) is -0.283. The van der Waals surface area contributed by atoms with Gasteiger partial charge in [-0.05, 0) is 37.1 Å². The number of sulfonamides is 1. The van der Waals surface area contributed by atoms with E-state index >= 15 is 0 Å². The van der Waals surface area contributed by atoms with E-state index in [1.165, 1.54) is 22.9 Å². The van der Waals surface area contributed by atoms with Crippen LogP contribution in [-0.4, -0.2) is 19.0 Å². The third-order valence-electron chi connectivity index (χ3n) is 3.98. The first-order valence-corrected chi connectivity index (χ1v) is 9.41. The molecule has 2 aromatic carbocycles. The Bertz CT molecular complexity index is 995. The van der Waals surface area contributed by atoms with Gasteiger partial charge in [-0.1, -0.05) is 11.6 Å². The maximum Gasteiger partial charge on any atom is 0.516 e. The first-order chi connectivity index (χ1) is 12.5. The van der Waals surface area contributed by atoms with E-state index in [0.717, 1.165) is 12.1 Å². The van der Waals surface area contributed by atoms with Crippen LogP contribution in [0.25, 0.3) is 0 Å². The zero-order valence-electron chi connectivity index (χ0n) is 13.3. The first-order valence-electron chi connectivity index (χ1n) is 7.55. The van der Waals surface area contributed by atoms with E-state index in [0.29, 0.717) is 5.56 Å². The predicted molar refractivity (Wildman–Crippen MR) is 89.8 cm³/mol. The highest BCUT2D eigenvalue weighted by Crippen LogP contribution is 2.44. The molecule has 0 bridgehead atoms. The standard InChI is InChI=1S/C16H12ClF4NO4S/c17-10-7-8(1-3-11(10)18)26-14-6-4-12(15-9(14)2-5-13(15)23)22-27(24,25)16(19,20)21/h1,3-4,6-7,13,22-23H,2,5H2. The molecule has 0 spiro atoms. The average Bonchev–Trinajstić information content (AvgIpc) is 2.95. The molecule has 0 amide bonds. The van der Waals surface area contributed by atoms with Crippen molar-refractivity contribution in [3.05, 3.63) is 52.3 Å². The summed E-state index contributed by atoms with van der Waals surface area (Å²) in [5, 5.41) is 9.91. The predicted octanol–water partition coefficient (Wildman–Crippen LogP) is 4.51. The van der Waals surface area contributed by atoms with Crippen molar-refractivity contribution in [3.63, 3.8) is 0 Å². The minimum Gasteiger partial charge on any atom is -0.457 e. The number of benzene rings is 2. The van der Waals surface area contributed by atoms with Crippen molar-refractivity contribution in [2.75, 3.05) is 4.72 Å². The molecule has 1 atom stereocenters. The van der Waals surface area contributed by atoms with Crippen LogP contribution in [0.3, 0.4) is 0 Å². The lowest BCUT2D eigenvalue weighted by Gasteiger charge is -2.18. The van der Waals surface area contributed by atoms with Gasteiger partial charge in [-0.15, -0.1) is 0 Å². The van der Waals surface area contributed by atoms with Gasteiger partial charge in [0.05, 0.1) is 16.8 Å². The maximum absolute atomic E-state index is 13.2. The van der Waals surface area contributed by atoms with Crippen LogP contribution in [-0.2, 0) is 16.4 Å². The third kappa shape index (κ3) is 3.83. The van der Waals surface area contributed by atoms with Gasteiger partial charge in [0, 0.05) is 17.2 Å². The molecule has 3 rings (SSSR count). The van der Waals surface area contributed by atoms with Crippen molar-refractivity contribution in [1.82, 2.24) is 0 Å². The smallest absolute Gasteiger partial charge is 0.457 e. The van der Waals surface area contributed by atoms with Gasteiger partial charge < -0.3 is 9.84 Å². The zero-order valence-corrected chi connectivity index (χ0v) is 14.9. The molecule has 1 unspecified atom stereocenters. The minimum absolute atomic E-state index is 0.00790. The quantitative estimate of drug-likeness (QED) is 0.707. The highest BCUT2D eigenvalue weighted by molar-refractivity contribution is 7.93. The zero-order chi connectivity index (χ0) is 20.0. The van der Waals surface area contributed by atoms with Crippen LogP contribution in [0.4, 0.5) is 23.2 Å². The number of alkyl halides is 3. The van der Waals surface area contributed by atoms with Crippen molar-refractivity contribution >= 4 is 27.3 Å². The molecule has 0 aromatic heterocycles. The van der Waals surface area contributed by atoms with Gasteiger partial charge in [-0.25, -0.2) is 4.39 Å². The van der Waals surface area contributed by atoms with Gasteiger partial charge in [0.1, 0.15) is 17.3 Å². The molecule has 2 aromatic rings. The lowest BCUT2D eigenvalue weighted by Crippen LogP contribution is -2.30. The molecule has 0 fully saturated rings. The number of hydrogen-bond acceptors (Lipinski definition) is 4. The lowest BCUT2D eigenvalue weighted by molar-refractivity contribution is -0.0429. The Balaban J connectivity index is 1.99. The largest absolute Gasteiger partial charge is 0.516 e. The molecular weight excluding hydrogens is 414 g/mol. The Morgan fingerprint density at radius 3 is 2.56 bits per heavy atom. The highest BCUT2D eigenvalue weighted by atomic mass is 35.5. The molecule has 5 nitrogen and oxygen atoms in total. The molecule has 2 N–H and O–H groups in total. The van der Waals surface area contributed by atoms with Crippen LogP contribution >= 0.6 is 11.6 Å². The number of aliphatic hydroxyl groups is 1. The summed E-state index contributed by atoms with van der Waals surface area (Å²) in [6.45, 7) is 0. The van der Waals surface area contributed by atoms with Crippen molar-refractivity contribution in [1.29, 1.82) is 0 Å². The molecule has 0 saturated carbocycles. The van der Waals surface area contributed by atoms with Crippen LogP contribution in [0, 0.1) is 5.82 Å². The lowest BCUT2D eigenvalue weighted by atomic mass is 10.1. The molecular formula is C16H12ClF4NO4S. The second-order valence-electron chi connectivity index (χ2n) is 5.79. The Morgan fingerprint density at radius 1 is 1.22 bits per heavy atom. The molecule has 0 saturated heterocycles. The molecule has 0 radical (unpaired) electrons. The second-order valence-corrected chi connectivity index (χ2v) is 7.87. The van der Waals surface area contributed by atoms with Gasteiger partial charge in [-0.3, -0.25) is 4.72 Å². The monoisotopic (exact) mass is 425 g/mol. The summed E-state index contributed by atoms with van der Waals surface area (Å²) >= 11 is 5.68. The number of nitrogens with one attached hydrogen (secondary N) is 1. The van der Waals surface area contributed by atoms with Crippen LogP contribution in [0.1, 0.15) is 23.7 Å². The van der Waals surface area contributed by atoms with E-state index in [1.807, 2.05) is 0 Å². The number of rotatable bonds is 4. The van der Waals surface area contributed by atoms with Crippen molar-refractivity contribution in [2.24, 2.45) is 0 Å². The van der Waals surface area contributed by atoms with Crippen LogP contribution in [0.2, 0.25) is 5.02 Å². The van der Waals surface area contributed by atoms with Gasteiger partial charge >= 0.3 is 15.5 Å². The molecule has 0 heterocycles. The number of fused-ring (bicyclic) bond motifs is 1. The van der Waals surface area contributed by atoms with Crippen LogP contribution in [0.5, 0.6) is 11.5 Å². The summed E-state index contributed by atoms with van der Waals surface area (Å²) in [5.41, 5.74) is -5.51. The summed E-state index contributed by atoms with van der Waals surface area (Å²) in [6.07, 6.45) is -0.727. The van der Waals surface area contributed by atoms with Crippen LogP contribution < -0.4 is 9.46 Å². The molecule has 11 heteroatoms. The Morgan fingerprint density at radius 2 is 1.93 bits per heavy atom. The number of hydrogen-bond donors (Lipinski definition) is 2. The number of anilines is 1. The SMILES string of the molecule is O=S(=O)(Nc1ccc(Oc2ccc(F)c(Cl)c2)c2c1C(O)CC2)C(F)(F)F. The molecule has 146 valence electrons. The summed E-state index contributed by atoms with van der Waals surface area (Å²) in [6, 6.07) is 5.94. The topological polar surface area (TPSA) is 75.6 Å². The van der Waals surface area contributed by atoms with Crippen molar-refractivity contribution in [2.45, 2.75) is 24.5 Å². The summed E-state index contributed by atoms with van der Waals surface area (Å²) in [4.78, 5) is 0. The third-order valence-corrected chi connectivity index (χ3v) is 5.37. The minimum atomic E-state index is -5.64. The number of halogens is 5. The highest BCUT2D eigenvalue weighted by Gasteiger charge is 2.46. The Hall–Kier alpha value is -2.04. The fourth-order valence-corrected chi connectivity index (χ4v) is 3.52. The van der Waals surface area contributed by atoms with E-state index in [1.54, 1.807) is 0 Å². The average molecular weight is 426 g/mol. The molecule has 1 aliphatic rings. The molecule has 1 aliphatic carbocycles. The maximum atomic E-state index is 13.2. The molecule has 0 aliphatic heterocycles. The van der Waals surface area contributed by atoms with Crippen molar-refractivity contribution in [3.8, 4) is 11.5 Å².